The quantitative estimate of drug-likeness (QED) is 0.610. The lowest BCUT2D eigenvalue weighted by molar-refractivity contribution is 0.0933. The standard InChI is InChI=1S/C21H21ClN2O/c22-16-9-5-14(6-10-16)11-12-23-20(15-7-8-15)21(25)18-13-24-19-4-2-1-3-17(18)19/h1-6,9-10,13,15,20,23-24H,7-8,11-12H2. The highest BCUT2D eigenvalue weighted by atomic mass is 35.5. The maximum absolute atomic E-state index is 13.1. The van der Waals surface area contributed by atoms with Crippen molar-refractivity contribution < 1.29 is 4.79 Å². The minimum absolute atomic E-state index is 0.0912. The summed E-state index contributed by atoms with van der Waals surface area (Å²) in [6.45, 7) is 0.789. The molecule has 0 saturated heterocycles. The van der Waals surface area contributed by atoms with Crippen LogP contribution in [0.2, 0.25) is 5.02 Å². The number of halogens is 1. The number of nitrogens with one attached hydrogen (secondary N) is 2. The predicted molar refractivity (Wildman–Crippen MR) is 102 cm³/mol. The molecule has 1 aromatic heterocycles. The summed E-state index contributed by atoms with van der Waals surface area (Å²) in [7, 11) is 0. The fourth-order valence-electron chi connectivity index (χ4n) is 3.37. The number of carbonyl (C=O) groups is 1. The molecule has 4 rings (SSSR count). The molecule has 0 bridgehead atoms. The van der Waals surface area contributed by atoms with Gasteiger partial charge in [-0.1, -0.05) is 41.9 Å². The molecule has 0 amide bonds. The Morgan fingerprint density at radius 2 is 1.92 bits per heavy atom. The van der Waals surface area contributed by atoms with E-state index in [1.54, 1.807) is 0 Å². The monoisotopic (exact) mass is 352 g/mol. The second-order valence-corrected chi connectivity index (χ2v) is 7.19. The summed E-state index contributed by atoms with van der Waals surface area (Å²) in [5.41, 5.74) is 3.04. The smallest absolute Gasteiger partial charge is 0.182 e. The zero-order valence-electron chi connectivity index (χ0n) is 14.0. The van der Waals surface area contributed by atoms with Crippen LogP contribution in [0.5, 0.6) is 0 Å². The van der Waals surface area contributed by atoms with Gasteiger partial charge < -0.3 is 10.3 Å². The van der Waals surface area contributed by atoms with Gasteiger partial charge >= 0.3 is 0 Å². The van der Waals surface area contributed by atoms with E-state index in [4.69, 9.17) is 11.6 Å². The summed E-state index contributed by atoms with van der Waals surface area (Å²) in [5.74, 6) is 0.669. The van der Waals surface area contributed by atoms with E-state index in [1.807, 2.05) is 54.7 Å². The highest BCUT2D eigenvalue weighted by Crippen LogP contribution is 2.35. The number of H-pyrrole nitrogens is 1. The number of para-hydroxylation sites is 1. The Bertz CT molecular complexity index is 880. The van der Waals surface area contributed by atoms with Gasteiger partial charge in [0, 0.05) is 27.7 Å². The fraction of sp³-hybridized carbons (Fsp3) is 0.286. The third-order valence-corrected chi connectivity index (χ3v) is 5.17. The average molecular weight is 353 g/mol. The van der Waals surface area contributed by atoms with Crippen LogP contribution in [0.4, 0.5) is 0 Å². The Hall–Kier alpha value is -2.10. The Labute approximate surface area is 152 Å². The van der Waals surface area contributed by atoms with Crippen molar-refractivity contribution in [3.63, 3.8) is 0 Å². The Balaban J connectivity index is 1.45. The lowest BCUT2D eigenvalue weighted by Gasteiger charge is -2.17. The molecule has 3 nitrogen and oxygen atoms in total. The highest BCUT2D eigenvalue weighted by molar-refractivity contribution is 6.30. The van der Waals surface area contributed by atoms with Crippen molar-refractivity contribution in [1.29, 1.82) is 0 Å². The van der Waals surface area contributed by atoms with Crippen LogP contribution in [0.25, 0.3) is 10.9 Å². The molecule has 25 heavy (non-hydrogen) atoms. The lowest BCUT2D eigenvalue weighted by atomic mass is 9.99. The number of carbonyl (C=O) groups excluding carboxylic acids is 1. The largest absolute Gasteiger partial charge is 0.360 e. The van der Waals surface area contributed by atoms with Gasteiger partial charge in [0.1, 0.15) is 0 Å². The third-order valence-electron chi connectivity index (χ3n) is 4.92. The molecule has 0 aliphatic heterocycles. The SMILES string of the molecule is O=C(c1c[nH]c2ccccc12)C(NCCc1ccc(Cl)cc1)C1CC1. The number of hydrogen-bond acceptors (Lipinski definition) is 2. The first-order valence-electron chi connectivity index (χ1n) is 8.80. The molecule has 1 unspecified atom stereocenters. The number of Topliss-reactive ketones (excluding diaryl/α,β-unsaturated/α-hetero) is 1. The zero-order chi connectivity index (χ0) is 17.2. The average Bonchev–Trinajstić information content (AvgIpc) is 3.38. The van der Waals surface area contributed by atoms with E-state index in [9.17, 15) is 4.79 Å². The number of benzene rings is 2. The van der Waals surface area contributed by atoms with Crippen LogP contribution >= 0.6 is 11.6 Å². The molecule has 0 spiro atoms. The summed E-state index contributed by atoms with van der Waals surface area (Å²) < 4.78 is 0. The summed E-state index contributed by atoms with van der Waals surface area (Å²) in [6, 6.07) is 15.8. The van der Waals surface area contributed by atoms with Gasteiger partial charge in [0.2, 0.25) is 0 Å². The minimum Gasteiger partial charge on any atom is -0.360 e. The van der Waals surface area contributed by atoms with E-state index in [0.29, 0.717) is 5.92 Å². The van der Waals surface area contributed by atoms with Crippen LogP contribution in [-0.4, -0.2) is 23.4 Å². The Kier molecular flexibility index (Phi) is 4.60. The van der Waals surface area contributed by atoms with Crippen LogP contribution in [0, 0.1) is 5.92 Å². The zero-order valence-corrected chi connectivity index (χ0v) is 14.7. The Morgan fingerprint density at radius 3 is 2.68 bits per heavy atom. The highest BCUT2D eigenvalue weighted by Gasteiger charge is 2.36. The van der Waals surface area contributed by atoms with Crippen molar-refractivity contribution >= 4 is 28.3 Å². The molecular formula is C21H21ClN2O. The van der Waals surface area contributed by atoms with E-state index < -0.39 is 0 Å². The topological polar surface area (TPSA) is 44.9 Å². The molecule has 3 aromatic rings. The molecule has 1 aliphatic carbocycles. The first kappa shape index (κ1) is 16.4. The van der Waals surface area contributed by atoms with Crippen LogP contribution in [0.1, 0.15) is 28.8 Å². The maximum atomic E-state index is 13.1. The van der Waals surface area contributed by atoms with Gasteiger partial charge in [-0.05, 0) is 55.5 Å². The predicted octanol–water partition coefficient (Wildman–Crippen LogP) is 4.61. The molecule has 2 aromatic carbocycles. The second kappa shape index (κ2) is 7.03. The minimum atomic E-state index is -0.0912. The van der Waals surface area contributed by atoms with Crippen LogP contribution in [0.15, 0.2) is 54.7 Å². The molecule has 1 heterocycles. The summed E-state index contributed by atoms with van der Waals surface area (Å²) in [4.78, 5) is 16.3. The van der Waals surface area contributed by atoms with E-state index in [0.717, 1.165) is 47.3 Å². The molecular weight excluding hydrogens is 332 g/mol. The van der Waals surface area contributed by atoms with Crippen molar-refractivity contribution in [3.8, 4) is 0 Å². The van der Waals surface area contributed by atoms with Crippen molar-refractivity contribution in [2.45, 2.75) is 25.3 Å². The normalized spacial score (nSPS) is 15.4. The van der Waals surface area contributed by atoms with E-state index >= 15 is 0 Å². The van der Waals surface area contributed by atoms with Gasteiger partial charge in [0.25, 0.3) is 0 Å². The van der Waals surface area contributed by atoms with Gasteiger partial charge in [0.05, 0.1) is 6.04 Å². The van der Waals surface area contributed by atoms with Crippen molar-refractivity contribution in [2.75, 3.05) is 6.54 Å². The molecule has 1 aliphatic rings. The van der Waals surface area contributed by atoms with Crippen LogP contribution < -0.4 is 5.32 Å². The van der Waals surface area contributed by atoms with Gasteiger partial charge in [-0.15, -0.1) is 0 Å². The summed E-state index contributed by atoms with van der Waals surface area (Å²) in [5, 5.41) is 5.26. The number of fused-ring (bicyclic) bond motifs is 1. The van der Waals surface area contributed by atoms with Gasteiger partial charge in [-0.25, -0.2) is 0 Å². The molecule has 0 radical (unpaired) electrons. The molecule has 4 heteroatoms. The first-order valence-corrected chi connectivity index (χ1v) is 9.18. The van der Waals surface area contributed by atoms with E-state index in [-0.39, 0.29) is 11.8 Å². The van der Waals surface area contributed by atoms with Gasteiger partial charge in [0.15, 0.2) is 5.78 Å². The maximum Gasteiger partial charge on any atom is 0.182 e. The number of aromatic amines is 1. The van der Waals surface area contributed by atoms with Crippen molar-refractivity contribution in [3.05, 3.63) is 70.9 Å². The first-order chi connectivity index (χ1) is 12.2. The number of ketones is 1. The van der Waals surface area contributed by atoms with E-state index in [2.05, 4.69) is 10.3 Å². The molecule has 128 valence electrons. The lowest BCUT2D eigenvalue weighted by Crippen LogP contribution is -2.39. The fourth-order valence-corrected chi connectivity index (χ4v) is 3.49. The van der Waals surface area contributed by atoms with Gasteiger partial charge in [-0.3, -0.25) is 4.79 Å². The summed E-state index contributed by atoms with van der Waals surface area (Å²) >= 11 is 5.93. The molecule has 2 N–H and O–H groups in total. The molecule has 1 saturated carbocycles. The summed E-state index contributed by atoms with van der Waals surface area (Å²) in [6.07, 6.45) is 5.00. The molecule has 1 atom stereocenters. The Morgan fingerprint density at radius 1 is 1.16 bits per heavy atom. The van der Waals surface area contributed by atoms with Crippen molar-refractivity contribution in [2.24, 2.45) is 5.92 Å². The second-order valence-electron chi connectivity index (χ2n) is 6.76. The number of hydrogen-bond donors (Lipinski definition) is 2. The van der Waals surface area contributed by atoms with Crippen LogP contribution in [-0.2, 0) is 6.42 Å². The van der Waals surface area contributed by atoms with E-state index in [1.165, 1.54) is 5.56 Å². The van der Waals surface area contributed by atoms with Crippen molar-refractivity contribution in [1.82, 2.24) is 10.3 Å². The van der Waals surface area contributed by atoms with Gasteiger partial charge in [-0.2, -0.15) is 0 Å². The number of rotatable bonds is 7. The number of aromatic nitrogens is 1. The molecule has 1 fully saturated rings. The van der Waals surface area contributed by atoms with Crippen LogP contribution in [0.3, 0.4) is 0 Å². The third kappa shape index (κ3) is 3.63.